The zero-order valence-corrected chi connectivity index (χ0v) is 17.9. The normalized spacial score (nSPS) is 14.4. The molecule has 1 N–H and O–H groups in total. The molecule has 32 heavy (non-hydrogen) atoms. The largest absolute Gasteiger partial charge is 0.484 e. The predicted octanol–water partition coefficient (Wildman–Crippen LogP) is 6.56. The quantitative estimate of drug-likeness (QED) is 0.379. The zero-order valence-electron chi connectivity index (χ0n) is 17.9. The Kier molecular flexibility index (Phi) is 5.88. The SMILES string of the molecule is O=C(COc1ccc(C2CCCCC2)cc1)Nc1ccc2oc(-c3ccccc3)nc2c1. The second-order valence-corrected chi connectivity index (χ2v) is 8.31. The van der Waals surface area contributed by atoms with Gasteiger partial charge in [-0.1, -0.05) is 49.6 Å². The minimum absolute atomic E-state index is 0.0467. The van der Waals surface area contributed by atoms with E-state index in [-0.39, 0.29) is 12.5 Å². The molecule has 1 fully saturated rings. The van der Waals surface area contributed by atoms with E-state index in [1.807, 2.05) is 54.6 Å². The Morgan fingerprint density at radius 2 is 1.75 bits per heavy atom. The molecule has 0 bridgehead atoms. The Hall–Kier alpha value is -3.60. The summed E-state index contributed by atoms with van der Waals surface area (Å²) >= 11 is 0. The number of anilines is 1. The molecule has 1 amide bonds. The van der Waals surface area contributed by atoms with Gasteiger partial charge < -0.3 is 14.5 Å². The van der Waals surface area contributed by atoms with Crippen LogP contribution in [0.3, 0.4) is 0 Å². The summed E-state index contributed by atoms with van der Waals surface area (Å²) < 4.78 is 11.5. The number of carbonyl (C=O) groups is 1. The van der Waals surface area contributed by atoms with E-state index in [4.69, 9.17) is 9.15 Å². The van der Waals surface area contributed by atoms with Crippen molar-refractivity contribution >= 4 is 22.7 Å². The standard InChI is InChI=1S/C27H26N2O3/c30-26(18-31-23-14-11-20(12-15-23)19-7-3-1-4-8-19)28-22-13-16-25-24(17-22)29-27(32-25)21-9-5-2-6-10-21/h2,5-6,9-17,19H,1,3-4,7-8,18H2,(H,28,30). The molecule has 0 radical (unpaired) electrons. The first-order valence-corrected chi connectivity index (χ1v) is 11.2. The van der Waals surface area contributed by atoms with Gasteiger partial charge in [0.2, 0.25) is 5.89 Å². The lowest BCUT2D eigenvalue weighted by molar-refractivity contribution is -0.118. The lowest BCUT2D eigenvalue weighted by atomic mass is 9.84. The third-order valence-electron chi connectivity index (χ3n) is 6.02. The fourth-order valence-corrected chi connectivity index (χ4v) is 4.33. The zero-order chi connectivity index (χ0) is 21.8. The van der Waals surface area contributed by atoms with Crippen molar-refractivity contribution in [3.63, 3.8) is 0 Å². The van der Waals surface area contributed by atoms with Gasteiger partial charge in [-0.15, -0.1) is 0 Å². The van der Waals surface area contributed by atoms with E-state index in [2.05, 4.69) is 22.4 Å². The van der Waals surface area contributed by atoms with Gasteiger partial charge in [0.25, 0.3) is 5.91 Å². The molecule has 1 aromatic heterocycles. The highest BCUT2D eigenvalue weighted by atomic mass is 16.5. The maximum atomic E-state index is 12.4. The number of ether oxygens (including phenoxy) is 1. The van der Waals surface area contributed by atoms with Gasteiger partial charge in [-0.2, -0.15) is 0 Å². The molecule has 0 aliphatic heterocycles. The summed E-state index contributed by atoms with van der Waals surface area (Å²) in [4.78, 5) is 16.9. The highest BCUT2D eigenvalue weighted by Crippen LogP contribution is 2.33. The average molecular weight is 427 g/mol. The minimum atomic E-state index is -0.215. The van der Waals surface area contributed by atoms with E-state index in [9.17, 15) is 4.79 Å². The topological polar surface area (TPSA) is 64.4 Å². The van der Waals surface area contributed by atoms with Crippen LogP contribution in [0.15, 0.2) is 77.2 Å². The number of nitrogens with zero attached hydrogens (tertiary/aromatic N) is 1. The van der Waals surface area contributed by atoms with Crippen molar-refractivity contribution in [1.29, 1.82) is 0 Å². The molecular weight excluding hydrogens is 400 g/mol. The molecule has 0 spiro atoms. The van der Waals surface area contributed by atoms with Crippen LogP contribution in [-0.2, 0) is 4.79 Å². The van der Waals surface area contributed by atoms with Crippen LogP contribution in [0, 0.1) is 0 Å². The first kappa shape index (κ1) is 20.3. The van der Waals surface area contributed by atoms with Crippen molar-refractivity contribution in [3.8, 4) is 17.2 Å². The van der Waals surface area contributed by atoms with Gasteiger partial charge in [0, 0.05) is 11.3 Å². The van der Waals surface area contributed by atoms with Crippen LogP contribution < -0.4 is 10.1 Å². The molecule has 1 aliphatic carbocycles. The van der Waals surface area contributed by atoms with Gasteiger partial charge in [0.15, 0.2) is 12.2 Å². The van der Waals surface area contributed by atoms with Crippen molar-refractivity contribution in [1.82, 2.24) is 4.98 Å². The number of hydrogen-bond donors (Lipinski definition) is 1. The van der Waals surface area contributed by atoms with Crippen LogP contribution in [0.1, 0.15) is 43.6 Å². The summed E-state index contributed by atoms with van der Waals surface area (Å²) in [5, 5.41) is 2.87. The van der Waals surface area contributed by atoms with Crippen LogP contribution in [0.25, 0.3) is 22.6 Å². The smallest absolute Gasteiger partial charge is 0.262 e. The predicted molar refractivity (Wildman–Crippen MR) is 126 cm³/mol. The monoisotopic (exact) mass is 426 g/mol. The van der Waals surface area contributed by atoms with Crippen molar-refractivity contribution in [2.75, 3.05) is 11.9 Å². The van der Waals surface area contributed by atoms with E-state index in [1.54, 1.807) is 6.07 Å². The molecule has 4 aromatic rings. The van der Waals surface area contributed by atoms with E-state index >= 15 is 0 Å². The van der Waals surface area contributed by atoms with Crippen LogP contribution in [-0.4, -0.2) is 17.5 Å². The Morgan fingerprint density at radius 1 is 0.969 bits per heavy atom. The number of amides is 1. The van der Waals surface area contributed by atoms with Crippen molar-refractivity contribution < 1.29 is 13.9 Å². The number of rotatable bonds is 6. The molecule has 5 nitrogen and oxygen atoms in total. The maximum Gasteiger partial charge on any atom is 0.262 e. The van der Waals surface area contributed by atoms with Crippen molar-refractivity contribution in [2.45, 2.75) is 38.0 Å². The Bertz CT molecular complexity index is 1190. The van der Waals surface area contributed by atoms with E-state index in [0.717, 1.165) is 5.56 Å². The molecule has 3 aromatic carbocycles. The summed E-state index contributed by atoms with van der Waals surface area (Å²) in [6.07, 6.45) is 6.52. The molecule has 1 saturated carbocycles. The average Bonchev–Trinajstić information content (AvgIpc) is 3.28. The summed E-state index contributed by atoms with van der Waals surface area (Å²) in [6, 6.07) is 23.4. The number of carbonyl (C=O) groups excluding carboxylic acids is 1. The van der Waals surface area contributed by atoms with Crippen LogP contribution >= 0.6 is 0 Å². The number of benzene rings is 3. The summed E-state index contributed by atoms with van der Waals surface area (Å²) in [5.41, 5.74) is 4.32. The lowest BCUT2D eigenvalue weighted by Gasteiger charge is -2.22. The van der Waals surface area contributed by atoms with E-state index in [0.29, 0.717) is 34.3 Å². The van der Waals surface area contributed by atoms with Gasteiger partial charge in [-0.25, -0.2) is 4.98 Å². The van der Waals surface area contributed by atoms with Gasteiger partial charge in [-0.3, -0.25) is 4.79 Å². The minimum Gasteiger partial charge on any atom is -0.484 e. The van der Waals surface area contributed by atoms with Crippen molar-refractivity contribution in [3.05, 3.63) is 78.4 Å². The van der Waals surface area contributed by atoms with Crippen molar-refractivity contribution in [2.24, 2.45) is 0 Å². The van der Waals surface area contributed by atoms with E-state index in [1.165, 1.54) is 37.7 Å². The molecule has 0 atom stereocenters. The Labute approximate surface area is 187 Å². The number of hydrogen-bond acceptors (Lipinski definition) is 4. The maximum absolute atomic E-state index is 12.4. The molecule has 162 valence electrons. The fourth-order valence-electron chi connectivity index (χ4n) is 4.33. The third kappa shape index (κ3) is 4.67. The molecule has 0 saturated heterocycles. The number of nitrogens with one attached hydrogen (secondary N) is 1. The summed E-state index contributed by atoms with van der Waals surface area (Å²) in [6.45, 7) is -0.0467. The highest BCUT2D eigenvalue weighted by Gasteiger charge is 2.15. The number of fused-ring (bicyclic) bond motifs is 1. The van der Waals surface area contributed by atoms with Gasteiger partial charge in [-0.05, 0) is 66.8 Å². The summed E-state index contributed by atoms with van der Waals surface area (Å²) in [5.74, 6) is 1.71. The van der Waals surface area contributed by atoms with Gasteiger partial charge >= 0.3 is 0 Å². The van der Waals surface area contributed by atoms with Gasteiger partial charge in [0.1, 0.15) is 11.3 Å². The first-order valence-electron chi connectivity index (χ1n) is 11.2. The Morgan fingerprint density at radius 3 is 2.53 bits per heavy atom. The fraction of sp³-hybridized carbons (Fsp3) is 0.259. The molecule has 5 rings (SSSR count). The second-order valence-electron chi connectivity index (χ2n) is 8.31. The highest BCUT2D eigenvalue weighted by molar-refractivity contribution is 5.94. The first-order chi connectivity index (χ1) is 15.7. The number of oxazole rings is 1. The summed E-state index contributed by atoms with van der Waals surface area (Å²) in [7, 11) is 0. The lowest BCUT2D eigenvalue weighted by Crippen LogP contribution is -2.20. The van der Waals surface area contributed by atoms with Crippen LogP contribution in [0.5, 0.6) is 5.75 Å². The second kappa shape index (κ2) is 9.27. The third-order valence-corrected chi connectivity index (χ3v) is 6.02. The van der Waals surface area contributed by atoms with Crippen LogP contribution in [0.2, 0.25) is 0 Å². The number of aromatic nitrogens is 1. The molecule has 0 unspecified atom stereocenters. The molecular formula is C27H26N2O3. The van der Waals surface area contributed by atoms with Crippen LogP contribution in [0.4, 0.5) is 5.69 Å². The molecule has 5 heteroatoms. The molecule has 1 aliphatic rings. The van der Waals surface area contributed by atoms with E-state index < -0.39 is 0 Å². The van der Waals surface area contributed by atoms with Gasteiger partial charge in [0.05, 0.1) is 0 Å². The Balaban J connectivity index is 1.18. The molecule has 1 heterocycles.